The zero-order valence-corrected chi connectivity index (χ0v) is 14.4. The largest absolute Gasteiger partial charge is 0.456 e. The van der Waals surface area contributed by atoms with Gasteiger partial charge >= 0.3 is 5.97 Å². The highest BCUT2D eigenvalue weighted by Gasteiger charge is 2.64. The lowest BCUT2D eigenvalue weighted by Crippen LogP contribution is -2.49. The van der Waals surface area contributed by atoms with Crippen LogP contribution in [-0.2, 0) is 14.3 Å². The second-order valence-corrected chi connectivity index (χ2v) is 7.09. The fourth-order valence-corrected chi connectivity index (χ4v) is 4.19. The summed E-state index contributed by atoms with van der Waals surface area (Å²) in [6.07, 6.45) is 9.91. The topological polar surface area (TPSA) is 63.6 Å². The number of hydrogen-bond acceptors (Lipinski definition) is 4. The van der Waals surface area contributed by atoms with Gasteiger partial charge in [-0.25, -0.2) is 4.79 Å². The van der Waals surface area contributed by atoms with Crippen LogP contribution in [-0.4, -0.2) is 29.1 Å². The van der Waals surface area contributed by atoms with E-state index in [9.17, 15) is 14.7 Å². The molecule has 0 aromatic rings. The Morgan fingerprint density at radius 1 is 1.42 bits per heavy atom. The summed E-state index contributed by atoms with van der Waals surface area (Å²) >= 11 is 0. The summed E-state index contributed by atoms with van der Waals surface area (Å²) in [6.45, 7) is 5.93. The van der Waals surface area contributed by atoms with Gasteiger partial charge in [-0.05, 0) is 69.2 Å². The van der Waals surface area contributed by atoms with Gasteiger partial charge in [-0.3, -0.25) is 4.79 Å². The van der Waals surface area contributed by atoms with Crippen LogP contribution in [0.15, 0.2) is 33.9 Å². The van der Waals surface area contributed by atoms with Gasteiger partial charge in [0.2, 0.25) is 0 Å². The van der Waals surface area contributed by atoms with Gasteiger partial charge in [0.1, 0.15) is 5.60 Å². The van der Waals surface area contributed by atoms with Crippen LogP contribution in [0.5, 0.6) is 0 Å². The highest BCUT2D eigenvalue weighted by molar-refractivity contribution is 6.10. The molecule has 0 radical (unpaired) electrons. The Morgan fingerprint density at radius 3 is 2.67 bits per heavy atom. The second kappa shape index (κ2) is 5.46. The minimum absolute atomic E-state index is 0.172. The van der Waals surface area contributed by atoms with E-state index in [4.69, 9.17) is 11.2 Å². The van der Waals surface area contributed by atoms with Crippen molar-refractivity contribution in [2.45, 2.75) is 52.1 Å². The number of rotatable bonds is 4. The molecule has 3 aliphatic rings. The van der Waals surface area contributed by atoms with E-state index < -0.39 is 17.0 Å². The Bertz CT molecular complexity index is 764. The molecule has 3 aliphatic carbocycles. The quantitative estimate of drug-likeness (QED) is 0.373. The van der Waals surface area contributed by atoms with Gasteiger partial charge in [-0.1, -0.05) is 5.57 Å². The molecule has 0 heterocycles. The third-order valence-electron chi connectivity index (χ3n) is 5.79. The molecule has 0 aromatic heterocycles. The maximum atomic E-state index is 12.8. The van der Waals surface area contributed by atoms with Crippen molar-refractivity contribution in [2.75, 3.05) is 6.61 Å². The van der Waals surface area contributed by atoms with Gasteiger partial charge in [-0.15, -0.1) is 6.42 Å². The molecular weight excluding hydrogens is 304 g/mol. The standard InChI is InChI=1S/C20H22O4/c1-5-16(21)24-10-6-7-14-12(2)11-15-17(14)13(3)20(8-9-20)19(4,23)18(15)22/h1,11,23H,6-10H2,2-4H3/t19-/m0/s1. The van der Waals surface area contributed by atoms with Crippen LogP contribution in [0.2, 0.25) is 0 Å². The van der Waals surface area contributed by atoms with E-state index in [0.717, 1.165) is 35.1 Å². The zero-order valence-electron chi connectivity index (χ0n) is 14.4. The average Bonchev–Trinajstić information content (AvgIpc) is 3.29. The first-order chi connectivity index (χ1) is 11.3. The third-order valence-corrected chi connectivity index (χ3v) is 5.79. The fraction of sp³-hybridized carbons (Fsp3) is 0.500. The van der Waals surface area contributed by atoms with E-state index in [-0.39, 0.29) is 12.4 Å². The van der Waals surface area contributed by atoms with Gasteiger partial charge in [0.05, 0.1) is 6.61 Å². The predicted molar refractivity (Wildman–Crippen MR) is 89.8 cm³/mol. The van der Waals surface area contributed by atoms with Crippen molar-refractivity contribution < 1.29 is 19.4 Å². The number of carbonyl (C=O) groups is 2. The van der Waals surface area contributed by atoms with Crippen molar-refractivity contribution in [1.82, 2.24) is 0 Å². The van der Waals surface area contributed by atoms with Crippen LogP contribution < -0.4 is 0 Å². The normalized spacial score (nSPS) is 27.1. The van der Waals surface area contributed by atoms with Crippen molar-refractivity contribution in [3.63, 3.8) is 0 Å². The first-order valence-corrected chi connectivity index (χ1v) is 8.30. The number of Topliss-reactive ketones (excluding diaryl/α,β-unsaturated/α-hetero) is 1. The summed E-state index contributed by atoms with van der Waals surface area (Å²) in [6, 6.07) is 0. The molecule has 0 unspecified atom stereocenters. The summed E-state index contributed by atoms with van der Waals surface area (Å²) in [5.74, 6) is 1.10. The van der Waals surface area contributed by atoms with E-state index >= 15 is 0 Å². The molecule has 0 amide bonds. The Hall–Kier alpha value is -2.12. The van der Waals surface area contributed by atoms with Crippen LogP contribution in [0.25, 0.3) is 0 Å². The first kappa shape index (κ1) is 16.7. The van der Waals surface area contributed by atoms with Crippen LogP contribution in [0.3, 0.4) is 0 Å². The average molecular weight is 326 g/mol. The highest BCUT2D eigenvalue weighted by atomic mass is 16.5. The van der Waals surface area contributed by atoms with Gasteiger partial charge < -0.3 is 9.84 Å². The molecule has 126 valence electrons. The number of allylic oxidation sites excluding steroid dienone is 4. The van der Waals surface area contributed by atoms with Gasteiger partial charge in [0.15, 0.2) is 5.78 Å². The summed E-state index contributed by atoms with van der Waals surface area (Å²) in [4.78, 5) is 23.8. The van der Waals surface area contributed by atoms with Gasteiger partial charge in [-0.2, -0.15) is 0 Å². The van der Waals surface area contributed by atoms with Gasteiger partial charge in [0.25, 0.3) is 0 Å². The summed E-state index contributed by atoms with van der Waals surface area (Å²) in [7, 11) is 0. The van der Waals surface area contributed by atoms with E-state index in [1.54, 1.807) is 6.92 Å². The molecule has 1 atom stereocenters. The molecule has 4 heteroatoms. The molecule has 24 heavy (non-hydrogen) atoms. The highest BCUT2D eigenvalue weighted by Crippen LogP contribution is 2.65. The summed E-state index contributed by atoms with van der Waals surface area (Å²) in [5, 5.41) is 10.8. The number of aliphatic hydroxyl groups is 1. The maximum absolute atomic E-state index is 12.8. The fourth-order valence-electron chi connectivity index (χ4n) is 4.19. The smallest absolute Gasteiger partial charge is 0.384 e. The van der Waals surface area contributed by atoms with Crippen LogP contribution in [0, 0.1) is 17.8 Å². The molecule has 0 bridgehead atoms. The Kier molecular flexibility index (Phi) is 3.80. The van der Waals surface area contributed by atoms with Crippen molar-refractivity contribution in [3.8, 4) is 12.3 Å². The monoisotopic (exact) mass is 326 g/mol. The van der Waals surface area contributed by atoms with Crippen molar-refractivity contribution in [1.29, 1.82) is 0 Å². The minimum atomic E-state index is -1.32. The lowest BCUT2D eigenvalue weighted by molar-refractivity contribution is -0.138. The number of hydrogen-bond donors (Lipinski definition) is 1. The number of carbonyl (C=O) groups excluding carboxylic acids is 2. The lowest BCUT2D eigenvalue weighted by Gasteiger charge is -2.39. The van der Waals surface area contributed by atoms with E-state index in [1.165, 1.54) is 0 Å². The number of esters is 1. The van der Waals surface area contributed by atoms with E-state index in [0.29, 0.717) is 18.4 Å². The zero-order chi connectivity index (χ0) is 17.7. The molecule has 1 N–H and O–H groups in total. The van der Waals surface area contributed by atoms with Crippen LogP contribution in [0.4, 0.5) is 0 Å². The number of fused-ring (bicyclic) bond motifs is 1. The molecule has 0 aliphatic heterocycles. The lowest BCUT2D eigenvalue weighted by atomic mass is 9.67. The van der Waals surface area contributed by atoms with Gasteiger partial charge in [0, 0.05) is 16.9 Å². The van der Waals surface area contributed by atoms with E-state index in [2.05, 4.69) is 0 Å². The first-order valence-electron chi connectivity index (χ1n) is 8.30. The van der Waals surface area contributed by atoms with Crippen LogP contribution in [0.1, 0.15) is 46.5 Å². The molecule has 4 nitrogen and oxygen atoms in total. The van der Waals surface area contributed by atoms with Crippen molar-refractivity contribution >= 4 is 11.8 Å². The second-order valence-electron chi connectivity index (χ2n) is 7.09. The van der Waals surface area contributed by atoms with E-state index in [1.807, 2.05) is 25.8 Å². The Morgan fingerprint density at radius 2 is 2.08 bits per heavy atom. The Balaban J connectivity index is 1.84. The van der Waals surface area contributed by atoms with Crippen molar-refractivity contribution in [2.24, 2.45) is 5.41 Å². The Labute approximate surface area is 142 Å². The molecule has 1 saturated carbocycles. The molecule has 0 saturated heterocycles. The third kappa shape index (κ3) is 2.19. The number of terminal acetylenes is 1. The molecule has 1 fully saturated rings. The SMILES string of the molecule is C#CC(=O)OCCCC1=C(C)C=C2C(=O)[C@](C)(O)C3(CC3)C(C)=C21. The maximum Gasteiger partial charge on any atom is 0.384 e. The molecule has 3 rings (SSSR count). The van der Waals surface area contributed by atoms with Crippen LogP contribution >= 0.6 is 0 Å². The molecule has 1 spiro atoms. The van der Waals surface area contributed by atoms with Crippen molar-refractivity contribution in [3.05, 3.63) is 33.9 Å². The number of ether oxygens (including phenoxy) is 1. The minimum Gasteiger partial charge on any atom is -0.456 e. The summed E-state index contributed by atoms with van der Waals surface area (Å²) < 4.78 is 4.92. The number of ketones is 1. The molecular formula is C20H22O4. The molecule has 0 aromatic carbocycles. The predicted octanol–water partition coefficient (Wildman–Crippen LogP) is 2.63. The summed E-state index contributed by atoms with van der Waals surface area (Å²) in [5.41, 5.74) is 3.20.